The van der Waals surface area contributed by atoms with Crippen molar-refractivity contribution >= 4 is 29.3 Å². The molecule has 0 saturated carbocycles. The van der Waals surface area contributed by atoms with Crippen molar-refractivity contribution in [1.82, 2.24) is 0 Å². The van der Waals surface area contributed by atoms with Gasteiger partial charge in [-0.1, -0.05) is 32.0 Å². The lowest BCUT2D eigenvalue weighted by molar-refractivity contribution is 0.0696. The van der Waals surface area contributed by atoms with Gasteiger partial charge in [0.25, 0.3) is 0 Å². The molecule has 0 amide bonds. The van der Waals surface area contributed by atoms with E-state index in [-0.39, 0.29) is 28.5 Å². The van der Waals surface area contributed by atoms with E-state index in [1.807, 2.05) is 0 Å². The van der Waals surface area contributed by atoms with Crippen molar-refractivity contribution in [3.63, 3.8) is 0 Å². The fourth-order valence-electron chi connectivity index (χ4n) is 3.93. The molecule has 1 unspecified atom stereocenters. The lowest BCUT2D eigenvalue weighted by Gasteiger charge is -2.41. The molecule has 0 saturated heterocycles. The van der Waals surface area contributed by atoms with Crippen LogP contribution in [0.15, 0.2) is 65.6 Å². The first-order chi connectivity index (χ1) is 14.7. The molecule has 1 aliphatic heterocycles. The van der Waals surface area contributed by atoms with Crippen LogP contribution in [0.5, 0.6) is 0 Å². The first-order valence-corrected chi connectivity index (χ1v) is 10.7. The number of nitrogens with one attached hydrogen (secondary N) is 2. The molecule has 0 aromatic heterocycles. The molecule has 7 heteroatoms. The van der Waals surface area contributed by atoms with Gasteiger partial charge >= 0.3 is 5.97 Å². The second-order valence-corrected chi connectivity index (χ2v) is 9.14. The van der Waals surface area contributed by atoms with Gasteiger partial charge < -0.3 is 15.1 Å². The Morgan fingerprint density at radius 3 is 2.61 bits per heavy atom. The summed E-state index contributed by atoms with van der Waals surface area (Å²) in [5.74, 6) is -1.75. The number of carboxylic acids is 1. The minimum Gasteiger partial charge on any atom is -0.478 e. The van der Waals surface area contributed by atoms with Crippen molar-refractivity contribution in [3.8, 4) is 0 Å². The Bertz CT molecular complexity index is 1150. The summed E-state index contributed by atoms with van der Waals surface area (Å²) in [6.07, 6.45) is 0.672. The Balaban J connectivity index is 1.61. The highest BCUT2D eigenvalue weighted by molar-refractivity contribution is 8.00. The van der Waals surface area contributed by atoms with Crippen LogP contribution in [0.1, 0.15) is 41.4 Å². The number of anilines is 2. The smallest absolute Gasteiger partial charge is 0.335 e. The number of aromatic carboxylic acids is 1. The van der Waals surface area contributed by atoms with Crippen molar-refractivity contribution < 1.29 is 18.7 Å². The van der Waals surface area contributed by atoms with Crippen LogP contribution in [0.2, 0.25) is 0 Å². The van der Waals surface area contributed by atoms with Crippen LogP contribution < -0.4 is 10.0 Å². The highest BCUT2D eigenvalue weighted by atomic mass is 32.2. The predicted octanol–water partition coefficient (Wildman–Crippen LogP) is 6.52. The number of carboxylic acid groups (broad SMARTS) is 1. The van der Waals surface area contributed by atoms with Gasteiger partial charge in [-0.3, -0.25) is 0 Å². The van der Waals surface area contributed by atoms with Crippen LogP contribution in [-0.2, 0) is 6.42 Å². The third-order valence-corrected chi connectivity index (χ3v) is 6.38. The van der Waals surface area contributed by atoms with E-state index < -0.39 is 11.8 Å². The highest BCUT2D eigenvalue weighted by Crippen LogP contribution is 2.45. The van der Waals surface area contributed by atoms with Gasteiger partial charge in [0.2, 0.25) is 0 Å². The van der Waals surface area contributed by atoms with E-state index in [0.29, 0.717) is 11.3 Å². The third-order valence-electron chi connectivity index (χ3n) is 5.51. The van der Waals surface area contributed by atoms with Crippen LogP contribution in [0.4, 0.5) is 20.2 Å². The first-order valence-electron chi connectivity index (χ1n) is 9.84. The van der Waals surface area contributed by atoms with Gasteiger partial charge in [0.1, 0.15) is 11.6 Å². The van der Waals surface area contributed by atoms with E-state index in [0.717, 1.165) is 28.8 Å². The molecule has 4 nitrogen and oxygen atoms in total. The molecule has 3 aromatic rings. The van der Waals surface area contributed by atoms with Crippen molar-refractivity contribution in [2.75, 3.05) is 10.0 Å². The summed E-state index contributed by atoms with van der Waals surface area (Å²) in [5, 5.41) is 12.8. The topological polar surface area (TPSA) is 61.4 Å². The predicted molar refractivity (Wildman–Crippen MR) is 120 cm³/mol. The molecule has 4 rings (SSSR count). The summed E-state index contributed by atoms with van der Waals surface area (Å²) >= 11 is 1.02. The first kappa shape index (κ1) is 21.2. The average Bonchev–Trinajstić information content (AvgIpc) is 2.72. The maximum absolute atomic E-state index is 14.4. The van der Waals surface area contributed by atoms with Crippen LogP contribution in [-0.4, -0.2) is 11.1 Å². The van der Waals surface area contributed by atoms with E-state index in [4.69, 9.17) is 0 Å². The molecule has 3 N–H and O–H groups in total. The standard InChI is InChI=1S/C24H22F2N2O2S/c1-24(2)13-16-11-15(23(29)30)8-10-19(16)27-22(24)14-7-9-17(25)20(12-14)28-31-21-6-4-3-5-18(21)26/h3-12,22,27-28H,13H2,1-2H3,(H,29,30). The van der Waals surface area contributed by atoms with E-state index in [2.05, 4.69) is 23.9 Å². The monoisotopic (exact) mass is 440 g/mol. The molecule has 1 heterocycles. The quantitative estimate of drug-likeness (QED) is 0.395. The molecule has 0 aliphatic carbocycles. The number of carbonyl (C=O) groups is 1. The second-order valence-electron chi connectivity index (χ2n) is 8.29. The Morgan fingerprint density at radius 1 is 1.10 bits per heavy atom. The summed E-state index contributed by atoms with van der Waals surface area (Å²) in [5.41, 5.74) is 2.97. The molecule has 0 spiro atoms. The largest absolute Gasteiger partial charge is 0.478 e. The zero-order chi connectivity index (χ0) is 22.2. The maximum Gasteiger partial charge on any atom is 0.335 e. The minimum atomic E-state index is -0.954. The van der Waals surface area contributed by atoms with Crippen LogP contribution >= 0.6 is 11.9 Å². The number of rotatable bonds is 5. The van der Waals surface area contributed by atoms with E-state index in [9.17, 15) is 18.7 Å². The molecule has 0 radical (unpaired) electrons. The van der Waals surface area contributed by atoms with E-state index in [1.165, 1.54) is 12.1 Å². The van der Waals surface area contributed by atoms with Crippen molar-refractivity contribution in [3.05, 3.63) is 89.0 Å². The molecule has 3 aromatic carbocycles. The number of benzene rings is 3. The lowest BCUT2D eigenvalue weighted by atomic mass is 9.72. The number of fused-ring (bicyclic) bond motifs is 1. The third kappa shape index (κ3) is 4.37. The Kier molecular flexibility index (Phi) is 5.62. The fourth-order valence-corrected chi connectivity index (χ4v) is 4.62. The van der Waals surface area contributed by atoms with E-state index >= 15 is 0 Å². The van der Waals surface area contributed by atoms with Crippen molar-refractivity contribution in [1.29, 1.82) is 0 Å². The molecular weight excluding hydrogens is 418 g/mol. The minimum absolute atomic E-state index is 0.115. The molecular formula is C24H22F2N2O2S. The number of hydrogen-bond donors (Lipinski definition) is 3. The van der Waals surface area contributed by atoms with Crippen LogP contribution in [0.25, 0.3) is 0 Å². The van der Waals surface area contributed by atoms with E-state index in [1.54, 1.807) is 48.5 Å². The van der Waals surface area contributed by atoms with Gasteiger partial charge in [0, 0.05) is 5.69 Å². The molecule has 0 bridgehead atoms. The molecule has 0 fully saturated rings. The van der Waals surface area contributed by atoms with Gasteiger partial charge in [-0.15, -0.1) is 0 Å². The SMILES string of the molecule is CC1(C)Cc2cc(C(=O)O)ccc2NC1c1ccc(F)c(NSc2ccccc2F)c1. The average molecular weight is 441 g/mol. The zero-order valence-corrected chi connectivity index (χ0v) is 17.9. The van der Waals surface area contributed by atoms with Crippen LogP contribution in [0, 0.1) is 17.0 Å². The molecule has 1 atom stereocenters. The van der Waals surface area contributed by atoms with Gasteiger partial charge in [-0.25, -0.2) is 13.6 Å². The van der Waals surface area contributed by atoms with Gasteiger partial charge in [0.05, 0.1) is 22.2 Å². The second kappa shape index (κ2) is 8.23. The summed E-state index contributed by atoms with van der Waals surface area (Å²) < 4.78 is 31.3. The Hall–Kier alpha value is -3.06. The van der Waals surface area contributed by atoms with Crippen molar-refractivity contribution in [2.45, 2.75) is 31.2 Å². The summed E-state index contributed by atoms with van der Waals surface area (Å²) in [6.45, 7) is 4.18. The zero-order valence-electron chi connectivity index (χ0n) is 17.1. The Labute approximate surface area is 183 Å². The fraction of sp³-hybridized carbons (Fsp3) is 0.208. The molecule has 31 heavy (non-hydrogen) atoms. The Morgan fingerprint density at radius 2 is 1.87 bits per heavy atom. The number of halogens is 2. The summed E-state index contributed by atoms with van der Waals surface area (Å²) in [4.78, 5) is 11.7. The lowest BCUT2D eigenvalue weighted by Crippen LogP contribution is -2.35. The molecule has 1 aliphatic rings. The van der Waals surface area contributed by atoms with Gasteiger partial charge in [-0.05, 0) is 77.4 Å². The highest BCUT2D eigenvalue weighted by Gasteiger charge is 2.36. The van der Waals surface area contributed by atoms with Gasteiger partial charge in [-0.2, -0.15) is 0 Å². The summed E-state index contributed by atoms with van der Waals surface area (Å²) in [7, 11) is 0. The maximum atomic E-state index is 14.4. The van der Waals surface area contributed by atoms with Crippen molar-refractivity contribution in [2.24, 2.45) is 5.41 Å². The summed E-state index contributed by atoms with van der Waals surface area (Å²) in [6, 6.07) is 16.1. The normalized spacial score (nSPS) is 16.8. The molecule has 160 valence electrons. The number of hydrogen-bond acceptors (Lipinski definition) is 4. The van der Waals surface area contributed by atoms with Crippen LogP contribution in [0.3, 0.4) is 0 Å². The van der Waals surface area contributed by atoms with Gasteiger partial charge in [0.15, 0.2) is 0 Å².